The van der Waals surface area contributed by atoms with Crippen LogP contribution in [0.25, 0.3) is 10.8 Å². The fraction of sp³-hybridized carbons (Fsp3) is 0.250. The predicted octanol–water partition coefficient (Wildman–Crippen LogP) is 3.23. The number of hydrogen-bond donors (Lipinski definition) is 3. The highest BCUT2D eigenvalue weighted by atomic mass is 16.6. The molecular formula is C28H25N3O4. The van der Waals surface area contributed by atoms with Crippen LogP contribution in [0.1, 0.15) is 47.8 Å². The third-order valence-electron chi connectivity index (χ3n) is 7.32. The number of ketones is 1. The molecule has 176 valence electrons. The molecule has 0 fully saturated rings. The lowest BCUT2D eigenvalue weighted by Gasteiger charge is -2.35. The Morgan fingerprint density at radius 1 is 1.23 bits per heavy atom. The summed E-state index contributed by atoms with van der Waals surface area (Å²) in [7, 11) is 0. The van der Waals surface area contributed by atoms with Gasteiger partial charge in [-0.15, -0.1) is 0 Å². The summed E-state index contributed by atoms with van der Waals surface area (Å²) in [4.78, 5) is 32.2. The summed E-state index contributed by atoms with van der Waals surface area (Å²) in [5.74, 6) is -2.62. The Morgan fingerprint density at radius 3 is 2.83 bits per heavy atom. The fourth-order valence-electron chi connectivity index (χ4n) is 5.51. The van der Waals surface area contributed by atoms with E-state index >= 15 is 0 Å². The van der Waals surface area contributed by atoms with Gasteiger partial charge in [-0.2, -0.15) is 0 Å². The number of pyridine rings is 1. The Labute approximate surface area is 202 Å². The summed E-state index contributed by atoms with van der Waals surface area (Å²) in [6, 6.07) is 14.1. The Kier molecular flexibility index (Phi) is 4.55. The molecule has 6 rings (SSSR count). The third kappa shape index (κ3) is 2.76. The molecule has 0 saturated heterocycles. The van der Waals surface area contributed by atoms with Crippen LogP contribution in [0.2, 0.25) is 0 Å². The molecule has 35 heavy (non-hydrogen) atoms. The number of aromatic nitrogens is 1. The van der Waals surface area contributed by atoms with E-state index in [9.17, 15) is 14.7 Å². The number of nitrogens with one attached hydrogen (secondary N) is 1. The molecule has 1 aliphatic heterocycles. The minimum Gasteiger partial charge on any atom is -0.454 e. The van der Waals surface area contributed by atoms with Crippen LogP contribution in [0.5, 0.6) is 5.75 Å². The fourth-order valence-corrected chi connectivity index (χ4v) is 5.51. The van der Waals surface area contributed by atoms with Gasteiger partial charge in [0.2, 0.25) is 5.54 Å². The number of Topliss-reactive ketones (excluding diaryl/α,β-unsaturated/α-hetero) is 1. The Hall–Kier alpha value is -3.81. The average Bonchev–Trinajstić information content (AvgIpc) is 3.21. The highest BCUT2D eigenvalue weighted by molar-refractivity contribution is 6.15. The van der Waals surface area contributed by atoms with Crippen molar-refractivity contribution in [3.63, 3.8) is 0 Å². The van der Waals surface area contributed by atoms with E-state index in [2.05, 4.69) is 10.3 Å². The maximum absolute atomic E-state index is 14.1. The van der Waals surface area contributed by atoms with Crippen molar-refractivity contribution in [3.05, 3.63) is 94.8 Å². The molecule has 3 aromatic rings. The number of ether oxygens (including phenoxy) is 1. The summed E-state index contributed by atoms with van der Waals surface area (Å²) < 4.78 is 6.16. The van der Waals surface area contributed by atoms with Gasteiger partial charge in [0.25, 0.3) is 11.7 Å². The molecule has 2 aliphatic carbocycles. The zero-order valence-corrected chi connectivity index (χ0v) is 19.4. The number of aliphatic hydroxyl groups is 1. The van der Waals surface area contributed by atoms with E-state index in [4.69, 9.17) is 10.5 Å². The molecule has 3 aliphatic rings. The van der Waals surface area contributed by atoms with Crippen LogP contribution in [-0.2, 0) is 10.3 Å². The Morgan fingerprint density at radius 2 is 2.03 bits per heavy atom. The maximum Gasteiger partial charge on any atom is 0.271 e. The lowest BCUT2D eigenvalue weighted by molar-refractivity contribution is -0.154. The van der Waals surface area contributed by atoms with Crippen molar-refractivity contribution in [1.29, 1.82) is 0 Å². The van der Waals surface area contributed by atoms with Crippen LogP contribution in [0.3, 0.4) is 0 Å². The van der Waals surface area contributed by atoms with Crippen molar-refractivity contribution in [1.82, 2.24) is 10.3 Å². The summed E-state index contributed by atoms with van der Waals surface area (Å²) >= 11 is 0. The summed E-state index contributed by atoms with van der Waals surface area (Å²) in [6.07, 6.45) is 5.49. The highest BCUT2D eigenvalue weighted by Crippen LogP contribution is 2.57. The number of carbonyl (C=O) groups excluding carboxylic acids is 2. The maximum atomic E-state index is 14.1. The molecule has 1 amide bonds. The van der Waals surface area contributed by atoms with Gasteiger partial charge in [0.15, 0.2) is 5.78 Å². The molecule has 1 aromatic heterocycles. The largest absolute Gasteiger partial charge is 0.454 e. The number of nitrogens with zero attached hydrogens (tertiary/aromatic N) is 1. The molecule has 0 spiro atoms. The van der Waals surface area contributed by atoms with Crippen LogP contribution >= 0.6 is 0 Å². The van der Waals surface area contributed by atoms with E-state index < -0.39 is 29.1 Å². The van der Waals surface area contributed by atoms with Gasteiger partial charge in [-0.1, -0.05) is 62.4 Å². The lowest BCUT2D eigenvalue weighted by Crippen LogP contribution is -2.63. The van der Waals surface area contributed by atoms with Gasteiger partial charge in [0.1, 0.15) is 11.4 Å². The SMILES string of the molecule is CC(C)c1ccc2c(c1)OC1(O)C3=C(C(=O)C21NC(=O)c1nccc2ccccc12)C(N)CC=C3. The van der Waals surface area contributed by atoms with E-state index in [1.165, 1.54) is 0 Å². The second kappa shape index (κ2) is 7.34. The first-order chi connectivity index (χ1) is 16.8. The average molecular weight is 468 g/mol. The van der Waals surface area contributed by atoms with Crippen LogP contribution in [-0.4, -0.2) is 33.6 Å². The first-order valence-corrected chi connectivity index (χ1v) is 11.7. The van der Waals surface area contributed by atoms with E-state index in [1.807, 2.05) is 56.3 Å². The zero-order chi connectivity index (χ0) is 24.5. The van der Waals surface area contributed by atoms with Gasteiger partial charge in [-0.25, -0.2) is 0 Å². The highest BCUT2D eigenvalue weighted by Gasteiger charge is 2.72. The Balaban J connectivity index is 1.55. The number of fused-ring (bicyclic) bond motifs is 5. The van der Waals surface area contributed by atoms with Crippen molar-refractivity contribution < 1.29 is 19.4 Å². The third-order valence-corrected chi connectivity index (χ3v) is 7.32. The molecule has 7 nitrogen and oxygen atoms in total. The molecule has 7 heteroatoms. The summed E-state index contributed by atoms with van der Waals surface area (Å²) in [5.41, 5.74) is 6.54. The smallest absolute Gasteiger partial charge is 0.271 e. The quantitative estimate of drug-likeness (QED) is 0.545. The number of rotatable bonds is 3. The topological polar surface area (TPSA) is 115 Å². The monoisotopic (exact) mass is 467 g/mol. The summed E-state index contributed by atoms with van der Waals surface area (Å²) in [6.45, 7) is 4.09. The summed E-state index contributed by atoms with van der Waals surface area (Å²) in [5, 5.41) is 16.4. The number of carbonyl (C=O) groups is 2. The minimum absolute atomic E-state index is 0.157. The molecule has 0 bridgehead atoms. The second-order valence-corrected chi connectivity index (χ2v) is 9.64. The molecule has 3 unspecified atom stereocenters. The first kappa shape index (κ1) is 21.7. The molecular weight excluding hydrogens is 442 g/mol. The molecule has 2 heterocycles. The van der Waals surface area contributed by atoms with Crippen molar-refractivity contribution in [2.24, 2.45) is 5.73 Å². The van der Waals surface area contributed by atoms with Gasteiger partial charge >= 0.3 is 0 Å². The molecule has 0 saturated carbocycles. The number of benzene rings is 2. The van der Waals surface area contributed by atoms with Gasteiger partial charge < -0.3 is 20.9 Å². The van der Waals surface area contributed by atoms with Crippen molar-refractivity contribution >= 4 is 22.5 Å². The first-order valence-electron chi connectivity index (χ1n) is 11.7. The van der Waals surface area contributed by atoms with Gasteiger partial charge in [-0.05, 0) is 35.4 Å². The van der Waals surface area contributed by atoms with Crippen LogP contribution < -0.4 is 15.8 Å². The second-order valence-electron chi connectivity index (χ2n) is 9.64. The van der Waals surface area contributed by atoms with Gasteiger partial charge in [-0.3, -0.25) is 14.6 Å². The number of hydrogen-bond acceptors (Lipinski definition) is 6. The zero-order valence-electron chi connectivity index (χ0n) is 19.4. The van der Waals surface area contributed by atoms with E-state index in [0.717, 1.165) is 10.9 Å². The Bertz CT molecular complexity index is 1490. The predicted molar refractivity (Wildman–Crippen MR) is 131 cm³/mol. The van der Waals surface area contributed by atoms with Gasteiger partial charge in [0, 0.05) is 34.3 Å². The van der Waals surface area contributed by atoms with Crippen molar-refractivity contribution in [3.8, 4) is 5.75 Å². The molecule has 2 aromatic carbocycles. The molecule has 4 N–H and O–H groups in total. The van der Waals surface area contributed by atoms with Crippen LogP contribution in [0, 0.1) is 0 Å². The normalized spacial score (nSPS) is 26.5. The van der Waals surface area contributed by atoms with Crippen molar-refractivity contribution in [2.75, 3.05) is 0 Å². The standard InChI is InChI=1S/C28H25N3O4/c1-15(2)17-10-11-19-22(14-17)35-28(34)20-8-5-9-21(29)23(20)25(32)27(19,28)31-26(33)24-18-7-4-3-6-16(18)12-13-30-24/h3-8,10-15,21,34H,9,29H2,1-2H3,(H,31,33). The van der Waals surface area contributed by atoms with E-state index in [0.29, 0.717) is 23.1 Å². The van der Waals surface area contributed by atoms with Gasteiger partial charge in [0.05, 0.1) is 0 Å². The van der Waals surface area contributed by atoms with Crippen LogP contribution in [0.4, 0.5) is 0 Å². The number of amides is 1. The lowest BCUT2D eigenvalue weighted by atomic mass is 9.80. The number of nitrogens with two attached hydrogens (primary N) is 1. The molecule has 0 radical (unpaired) electrons. The minimum atomic E-state index is -2.13. The van der Waals surface area contributed by atoms with E-state index in [1.54, 1.807) is 24.4 Å². The molecule has 3 atom stereocenters. The van der Waals surface area contributed by atoms with Crippen molar-refractivity contribution in [2.45, 2.75) is 43.6 Å². The van der Waals surface area contributed by atoms with E-state index in [-0.39, 0.29) is 22.8 Å². The van der Waals surface area contributed by atoms with Crippen LogP contribution in [0.15, 0.2) is 78.0 Å².